The predicted octanol–water partition coefficient (Wildman–Crippen LogP) is 2.72. The van der Waals surface area contributed by atoms with Gasteiger partial charge in [0.05, 0.1) is 0 Å². The Kier molecular flexibility index (Phi) is 2.86. The molecule has 0 fully saturated rings. The van der Waals surface area contributed by atoms with E-state index >= 15 is 0 Å². The van der Waals surface area contributed by atoms with Crippen molar-refractivity contribution in [1.82, 2.24) is 0 Å². The molecule has 0 aromatic heterocycles. The van der Waals surface area contributed by atoms with Gasteiger partial charge in [-0.05, 0) is 18.2 Å². The summed E-state index contributed by atoms with van der Waals surface area (Å²) in [6, 6.07) is 3.39. The molecule has 66 valence electrons. The van der Waals surface area contributed by atoms with Gasteiger partial charge in [-0.2, -0.15) is 8.78 Å². The molecule has 1 aromatic rings. The van der Waals surface area contributed by atoms with Crippen LogP contribution in [0.2, 0.25) is 0 Å². The number of anilines is 1. The summed E-state index contributed by atoms with van der Waals surface area (Å²) in [4.78, 5) is 0.0741. The Balaban J connectivity index is 2.90. The van der Waals surface area contributed by atoms with Gasteiger partial charge in [0.25, 0.3) is 5.76 Å². The highest BCUT2D eigenvalue weighted by molar-refractivity contribution is 7.99. The molecule has 0 atom stereocenters. The Hall–Kier alpha value is -0.840. The summed E-state index contributed by atoms with van der Waals surface area (Å²) in [5.74, 6) is -3.14. The number of benzene rings is 1. The lowest BCUT2D eigenvalue weighted by Crippen LogP contribution is -1.91. The van der Waals surface area contributed by atoms with Gasteiger partial charge < -0.3 is 5.73 Å². The van der Waals surface area contributed by atoms with Gasteiger partial charge in [0.1, 0.15) is 5.82 Å². The van der Waals surface area contributed by atoms with Gasteiger partial charge in [-0.15, -0.1) is 0 Å². The summed E-state index contributed by atoms with van der Waals surface area (Å²) in [6.45, 7) is 0. The van der Waals surface area contributed by atoms with E-state index in [1.165, 1.54) is 6.07 Å². The molecule has 1 nitrogen and oxygen atoms in total. The molecule has 0 radical (unpaired) electrons. The molecule has 5 heteroatoms. The highest BCUT2D eigenvalue weighted by Crippen LogP contribution is 2.30. The molecular weight excluding hydrogens is 187 g/mol. The van der Waals surface area contributed by atoms with Crippen LogP contribution in [0.1, 0.15) is 0 Å². The van der Waals surface area contributed by atoms with Crippen LogP contribution in [0.4, 0.5) is 18.9 Å². The maximum absolute atomic E-state index is 12.5. The molecule has 0 saturated heterocycles. The lowest BCUT2D eigenvalue weighted by Gasteiger charge is -2.03. The average molecular weight is 193 g/mol. The fourth-order valence-corrected chi connectivity index (χ4v) is 1.28. The number of alkyl halides is 2. The number of thioether (sulfide) groups is 1. The van der Waals surface area contributed by atoms with Crippen LogP contribution in [0.3, 0.4) is 0 Å². The molecule has 0 spiro atoms. The van der Waals surface area contributed by atoms with Crippen LogP contribution in [-0.4, -0.2) is 5.76 Å². The van der Waals surface area contributed by atoms with Crippen molar-refractivity contribution in [1.29, 1.82) is 0 Å². The number of rotatable bonds is 2. The zero-order valence-electron chi connectivity index (χ0n) is 5.93. The molecule has 0 unspecified atom stereocenters. The smallest absolute Gasteiger partial charge is 0.288 e. The Labute approximate surface area is 71.8 Å². The molecule has 0 amide bonds. The third-order valence-corrected chi connectivity index (χ3v) is 1.98. The van der Waals surface area contributed by atoms with E-state index in [-0.39, 0.29) is 22.3 Å². The number of hydrogen-bond donors (Lipinski definition) is 1. The third kappa shape index (κ3) is 2.34. The highest BCUT2D eigenvalue weighted by atomic mass is 32.2. The molecule has 0 heterocycles. The van der Waals surface area contributed by atoms with Crippen LogP contribution < -0.4 is 5.73 Å². The van der Waals surface area contributed by atoms with Crippen molar-refractivity contribution in [3.8, 4) is 0 Å². The van der Waals surface area contributed by atoms with Crippen LogP contribution in [0, 0.1) is 5.82 Å². The third-order valence-electron chi connectivity index (χ3n) is 1.19. The maximum atomic E-state index is 12.5. The highest BCUT2D eigenvalue weighted by Gasteiger charge is 2.08. The molecule has 0 saturated carbocycles. The lowest BCUT2D eigenvalue weighted by molar-refractivity contribution is 0.252. The molecule has 0 aliphatic carbocycles. The summed E-state index contributed by atoms with van der Waals surface area (Å²) < 4.78 is 36.1. The summed E-state index contributed by atoms with van der Waals surface area (Å²) in [5.41, 5.74) is 5.49. The first-order valence-electron chi connectivity index (χ1n) is 3.09. The molecular formula is C7H6F3NS. The second-order valence-corrected chi connectivity index (χ2v) is 3.09. The quantitative estimate of drug-likeness (QED) is 0.577. The van der Waals surface area contributed by atoms with Crippen molar-refractivity contribution < 1.29 is 13.2 Å². The van der Waals surface area contributed by atoms with E-state index in [1.807, 2.05) is 0 Å². The van der Waals surface area contributed by atoms with Crippen molar-refractivity contribution in [2.75, 3.05) is 5.73 Å². The lowest BCUT2D eigenvalue weighted by atomic mass is 10.3. The summed E-state index contributed by atoms with van der Waals surface area (Å²) in [6.07, 6.45) is 0. The Morgan fingerprint density at radius 2 is 2.00 bits per heavy atom. The summed E-state index contributed by atoms with van der Waals surface area (Å²) in [5, 5.41) is 0. The minimum Gasteiger partial charge on any atom is -0.398 e. The molecule has 12 heavy (non-hydrogen) atoms. The van der Waals surface area contributed by atoms with Gasteiger partial charge in [-0.1, -0.05) is 11.8 Å². The SMILES string of the molecule is Nc1ccc(F)cc1SC(F)F. The Morgan fingerprint density at radius 3 is 2.58 bits per heavy atom. The van der Waals surface area contributed by atoms with Crippen LogP contribution in [0.25, 0.3) is 0 Å². The number of hydrogen-bond acceptors (Lipinski definition) is 2. The van der Waals surface area contributed by atoms with Gasteiger partial charge in [0.15, 0.2) is 0 Å². The molecule has 2 N–H and O–H groups in total. The number of nitrogens with two attached hydrogens (primary N) is 1. The second-order valence-electron chi connectivity index (χ2n) is 2.06. The zero-order valence-corrected chi connectivity index (χ0v) is 6.75. The van der Waals surface area contributed by atoms with Crippen LogP contribution in [-0.2, 0) is 0 Å². The van der Waals surface area contributed by atoms with Crippen LogP contribution in [0.15, 0.2) is 23.1 Å². The van der Waals surface area contributed by atoms with Gasteiger partial charge in [0, 0.05) is 10.6 Å². The minimum absolute atomic E-state index is 0.0741. The largest absolute Gasteiger partial charge is 0.398 e. The van der Waals surface area contributed by atoms with Gasteiger partial charge >= 0.3 is 0 Å². The molecule has 0 bridgehead atoms. The molecule has 1 rings (SSSR count). The van der Waals surface area contributed by atoms with Crippen molar-refractivity contribution >= 4 is 17.4 Å². The van der Waals surface area contributed by atoms with E-state index in [9.17, 15) is 13.2 Å². The topological polar surface area (TPSA) is 26.0 Å². The van der Waals surface area contributed by atoms with E-state index < -0.39 is 11.6 Å². The first-order chi connectivity index (χ1) is 5.59. The van der Waals surface area contributed by atoms with Gasteiger partial charge in [-0.3, -0.25) is 0 Å². The maximum Gasteiger partial charge on any atom is 0.288 e. The van der Waals surface area contributed by atoms with Gasteiger partial charge in [-0.25, -0.2) is 4.39 Å². The van der Waals surface area contributed by atoms with E-state index in [4.69, 9.17) is 5.73 Å². The fraction of sp³-hybridized carbons (Fsp3) is 0.143. The van der Waals surface area contributed by atoms with E-state index in [0.717, 1.165) is 12.1 Å². The Morgan fingerprint density at radius 1 is 1.33 bits per heavy atom. The van der Waals surface area contributed by atoms with E-state index in [0.29, 0.717) is 0 Å². The Bertz CT molecular complexity index is 277. The second kappa shape index (κ2) is 3.71. The summed E-state index contributed by atoms with van der Waals surface area (Å²) in [7, 11) is 0. The van der Waals surface area contributed by atoms with E-state index in [2.05, 4.69) is 0 Å². The monoisotopic (exact) mass is 193 g/mol. The molecule has 0 aliphatic heterocycles. The number of nitrogen functional groups attached to an aromatic ring is 1. The first kappa shape index (κ1) is 9.25. The van der Waals surface area contributed by atoms with Crippen molar-refractivity contribution in [2.24, 2.45) is 0 Å². The molecule has 1 aromatic carbocycles. The van der Waals surface area contributed by atoms with Crippen LogP contribution in [0.5, 0.6) is 0 Å². The average Bonchev–Trinajstić information content (AvgIpc) is 1.96. The predicted molar refractivity (Wildman–Crippen MR) is 42.7 cm³/mol. The van der Waals surface area contributed by atoms with E-state index in [1.54, 1.807) is 0 Å². The normalized spacial score (nSPS) is 10.7. The minimum atomic E-state index is -2.57. The van der Waals surface area contributed by atoms with Crippen molar-refractivity contribution in [2.45, 2.75) is 10.7 Å². The van der Waals surface area contributed by atoms with Gasteiger partial charge in [0.2, 0.25) is 0 Å². The number of halogens is 3. The van der Waals surface area contributed by atoms with Crippen molar-refractivity contribution in [3.05, 3.63) is 24.0 Å². The zero-order chi connectivity index (χ0) is 9.14. The standard InChI is InChI=1S/C7H6F3NS/c8-4-1-2-5(11)6(3-4)12-7(9)10/h1-3,7H,11H2. The van der Waals surface area contributed by atoms with Crippen LogP contribution >= 0.6 is 11.8 Å². The molecule has 0 aliphatic rings. The summed E-state index contributed by atoms with van der Waals surface area (Å²) >= 11 is 0.241. The van der Waals surface area contributed by atoms with Crippen molar-refractivity contribution in [3.63, 3.8) is 0 Å². The fourth-order valence-electron chi connectivity index (χ4n) is 0.706. The first-order valence-corrected chi connectivity index (χ1v) is 3.97.